The molecule has 2 unspecified atom stereocenters. The molecule has 0 spiro atoms. The van der Waals surface area contributed by atoms with E-state index in [0.29, 0.717) is 10.4 Å². The highest BCUT2D eigenvalue weighted by molar-refractivity contribution is 7.12. The van der Waals surface area contributed by atoms with Crippen LogP contribution < -0.4 is 11.5 Å². The molecule has 2 amide bonds. The van der Waals surface area contributed by atoms with Crippen LogP contribution >= 0.6 is 11.3 Å². The fraction of sp³-hybridized carbons (Fsp3) is 0.538. The number of hydrogen-bond acceptors (Lipinski definition) is 4. The molecule has 2 atom stereocenters. The Bertz CT molecular complexity index is 484. The van der Waals surface area contributed by atoms with E-state index in [1.807, 2.05) is 11.8 Å². The van der Waals surface area contributed by atoms with Crippen LogP contribution in [-0.2, 0) is 0 Å². The highest BCUT2D eigenvalue weighted by Crippen LogP contribution is 2.24. The average Bonchev–Trinajstić information content (AvgIpc) is 2.87. The van der Waals surface area contributed by atoms with Gasteiger partial charge in [0.2, 0.25) is 5.91 Å². The first-order valence-corrected chi connectivity index (χ1v) is 7.33. The number of likely N-dealkylation sites (tertiary alicyclic amines) is 1. The Kier molecular flexibility index (Phi) is 4.21. The summed E-state index contributed by atoms with van der Waals surface area (Å²) >= 11 is 1.26. The van der Waals surface area contributed by atoms with E-state index in [2.05, 4.69) is 0 Å². The van der Waals surface area contributed by atoms with Gasteiger partial charge in [-0.2, -0.15) is 0 Å². The van der Waals surface area contributed by atoms with Gasteiger partial charge in [0.1, 0.15) is 0 Å². The monoisotopic (exact) mass is 281 g/mol. The van der Waals surface area contributed by atoms with Gasteiger partial charge in [-0.1, -0.05) is 0 Å². The third kappa shape index (κ3) is 2.96. The van der Waals surface area contributed by atoms with Crippen molar-refractivity contribution in [1.82, 2.24) is 4.90 Å². The topological polar surface area (TPSA) is 89.4 Å². The lowest BCUT2D eigenvalue weighted by molar-refractivity contribution is 0.0589. The molecule has 4 N–H and O–H groups in total. The lowest BCUT2D eigenvalue weighted by Crippen LogP contribution is -2.51. The van der Waals surface area contributed by atoms with Crippen molar-refractivity contribution in [3.05, 3.63) is 21.9 Å². The summed E-state index contributed by atoms with van der Waals surface area (Å²) in [6, 6.07) is 1.61. The van der Waals surface area contributed by atoms with Crippen LogP contribution in [0.25, 0.3) is 0 Å². The summed E-state index contributed by atoms with van der Waals surface area (Å²) in [7, 11) is 0. The molecule has 0 bridgehead atoms. The minimum Gasteiger partial charge on any atom is -0.366 e. The van der Waals surface area contributed by atoms with E-state index < -0.39 is 5.91 Å². The summed E-state index contributed by atoms with van der Waals surface area (Å²) in [5.74, 6) is -0.544. The van der Waals surface area contributed by atoms with Crippen molar-refractivity contribution in [2.45, 2.75) is 38.3 Å². The predicted molar refractivity (Wildman–Crippen MR) is 75.2 cm³/mol. The van der Waals surface area contributed by atoms with E-state index >= 15 is 0 Å². The standard InChI is InChI=1S/C13H19N3O2S/c1-8(14)10-4-2-3-5-16(10)13(18)11-6-9(7-19-11)12(15)17/h6-8,10H,2-5,14H2,1H3,(H2,15,17). The number of nitrogens with zero attached hydrogens (tertiary/aromatic N) is 1. The molecule has 1 fully saturated rings. The molecule has 0 aromatic carbocycles. The first-order valence-electron chi connectivity index (χ1n) is 6.45. The molecule has 2 heterocycles. The maximum absolute atomic E-state index is 12.5. The van der Waals surface area contributed by atoms with Crippen LogP contribution in [-0.4, -0.2) is 35.3 Å². The van der Waals surface area contributed by atoms with Gasteiger partial charge in [0.25, 0.3) is 5.91 Å². The summed E-state index contributed by atoms with van der Waals surface area (Å²) < 4.78 is 0. The highest BCUT2D eigenvalue weighted by Gasteiger charge is 2.30. The largest absolute Gasteiger partial charge is 0.366 e. The zero-order valence-electron chi connectivity index (χ0n) is 11.0. The van der Waals surface area contributed by atoms with Gasteiger partial charge in [0, 0.05) is 24.0 Å². The van der Waals surface area contributed by atoms with Gasteiger partial charge in [-0.05, 0) is 32.3 Å². The number of carbonyl (C=O) groups is 2. The minimum atomic E-state index is -0.502. The second-order valence-electron chi connectivity index (χ2n) is 4.98. The van der Waals surface area contributed by atoms with Crippen molar-refractivity contribution in [2.75, 3.05) is 6.54 Å². The Hall–Kier alpha value is -1.40. The number of rotatable bonds is 3. The molecule has 1 aromatic heterocycles. The van der Waals surface area contributed by atoms with Crippen molar-refractivity contribution in [3.63, 3.8) is 0 Å². The second kappa shape index (κ2) is 5.71. The van der Waals surface area contributed by atoms with Crippen molar-refractivity contribution < 1.29 is 9.59 Å². The Labute approximate surface area is 116 Å². The summed E-state index contributed by atoms with van der Waals surface area (Å²) in [6.07, 6.45) is 3.05. The molecule has 19 heavy (non-hydrogen) atoms. The molecule has 104 valence electrons. The van der Waals surface area contributed by atoms with E-state index in [9.17, 15) is 9.59 Å². The predicted octanol–water partition coefficient (Wildman–Crippen LogP) is 1.19. The lowest BCUT2D eigenvalue weighted by Gasteiger charge is -2.37. The number of piperidine rings is 1. The third-order valence-corrected chi connectivity index (χ3v) is 4.43. The Balaban J connectivity index is 2.18. The molecule has 1 saturated heterocycles. The van der Waals surface area contributed by atoms with Crippen molar-refractivity contribution in [2.24, 2.45) is 11.5 Å². The summed E-state index contributed by atoms with van der Waals surface area (Å²) in [5, 5.41) is 1.63. The lowest BCUT2D eigenvalue weighted by atomic mass is 9.97. The molecule has 1 aliphatic heterocycles. The molecule has 6 heteroatoms. The molecular weight excluding hydrogens is 262 g/mol. The normalized spacial score (nSPS) is 21.2. The van der Waals surface area contributed by atoms with Crippen LogP contribution in [0.3, 0.4) is 0 Å². The van der Waals surface area contributed by atoms with Gasteiger partial charge >= 0.3 is 0 Å². The van der Waals surface area contributed by atoms with E-state index in [0.717, 1.165) is 25.8 Å². The van der Waals surface area contributed by atoms with Gasteiger partial charge < -0.3 is 16.4 Å². The van der Waals surface area contributed by atoms with E-state index in [-0.39, 0.29) is 18.0 Å². The fourth-order valence-electron chi connectivity index (χ4n) is 2.48. The van der Waals surface area contributed by atoms with Gasteiger partial charge in [0.05, 0.1) is 10.4 Å². The fourth-order valence-corrected chi connectivity index (χ4v) is 3.33. The first kappa shape index (κ1) is 14.0. The van der Waals surface area contributed by atoms with E-state index in [4.69, 9.17) is 11.5 Å². The summed E-state index contributed by atoms with van der Waals surface area (Å²) in [5.41, 5.74) is 11.6. The number of hydrogen-bond donors (Lipinski definition) is 2. The molecular formula is C13H19N3O2S. The van der Waals surface area contributed by atoms with Crippen LogP contribution in [0, 0.1) is 0 Å². The average molecular weight is 281 g/mol. The highest BCUT2D eigenvalue weighted by atomic mass is 32.1. The quantitative estimate of drug-likeness (QED) is 0.872. The number of thiophene rings is 1. The Morgan fingerprint density at radius 2 is 2.21 bits per heavy atom. The van der Waals surface area contributed by atoms with Crippen LogP contribution in [0.4, 0.5) is 0 Å². The zero-order chi connectivity index (χ0) is 14.0. The van der Waals surface area contributed by atoms with Crippen LogP contribution in [0.5, 0.6) is 0 Å². The molecule has 1 aromatic rings. The molecule has 0 saturated carbocycles. The molecule has 0 radical (unpaired) electrons. The van der Waals surface area contributed by atoms with Gasteiger partial charge in [0.15, 0.2) is 0 Å². The van der Waals surface area contributed by atoms with Crippen molar-refractivity contribution in [3.8, 4) is 0 Å². The Morgan fingerprint density at radius 3 is 2.79 bits per heavy atom. The van der Waals surface area contributed by atoms with Crippen LogP contribution in [0.15, 0.2) is 11.4 Å². The van der Waals surface area contributed by atoms with Gasteiger partial charge in [-0.3, -0.25) is 9.59 Å². The van der Waals surface area contributed by atoms with Gasteiger partial charge in [-0.15, -0.1) is 11.3 Å². The van der Waals surface area contributed by atoms with Crippen molar-refractivity contribution in [1.29, 1.82) is 0 Å². The summed E-state index contributed by atoms with van der Waals surface area (Å²) in [4.78, 5) is 25.9. The number of primary amides is 1. The molecule has 5 nitrogen and oxygen atoms in total. The first-order chi connectivity index (χ1) is 9.00. The second-order valence-corrected chi connectivity index (χ2v) is 5.90. The number of carbonyl (C=O) groups excluding carboxylic acids is 2. The van der Waals surface area contributed by atoms with Crippen LogP contribution in [0.1, 0.15) is 46.2 Å². The van der Waals surface area contributed by atoms with Crippen molar-refractivity contribution >= 4 is 23.2 Å². The Morgan fingerprint density at radius 1 is 1.47 bits per heavy atom. The third-order valence-electron chi connectivity index (χ3n) is 3.51. The van der Waals surface area contributed by atoms with Crippen LogP contribution in [0.2, 0.25) is 0 Å². The maximum atomic E-state index is 12.5. The van der Waals surface area contributed by atoms with Gasteiger partial charge in [-0.25, -0.2) is 0 Å². The molecule has 1 aliphatic rings. The smallest absolute Gasteiger partial charge is 0.264 e. The van der Waals surface area contributed by atoms with E-state index in [1.54, 1.807) is 11.4 Å². The minimum absolute atomic E-state index is 0.0418. The summed E-state index contributed by atoms with van der Waals surface area (Å²) in [6.45, 7) is 2.66. The number of amides is 2. The molecule has 2 rings (SSSR count). The maximum Gasteiger partial charge on any atom is 0.264 e. The SMILES string of the molecule is CC(N)C1CCCCN1C(=O)c1cc(C(N)=O)cs1. The molecule has 0 aliphatic carbocycles. The zero-order valence-corrected chi connectivity index (χ0v) is 11.8. The van der Waals surface area contributed by atoms with E-state index in [1.165, 1.54) is 11.3 Å². The number of nitrogens with two attached hydrogens (primary N) is 2.